The van der Waals surface area contributed by atoms with E-state index < -0.39 is 0 Å². The van der Waals surface area contributed by atoms with Gasteiger partial charge in [-0.3, -0.25) is 0 Å². The molecule has 1 fully saturated rings. The molecule has 0 aromatic carbocycles. The number of nitrogens with one attached hydrogen (secondary N) is 1. The van der Waals surface area contributed by atoms with Crippen LogP contribution in [0.1, 0.15) is 32.5 Å². The molecule has 0 aliphatic carbocycles. The molecule has 0 radical (unpaired) electrons. The predicted octanol–water partition coefficient (Wildman–Crippen LogP) is 2.76. The van der Waals surface area contributed by atoms with Gasteiger partial charge in [0.15, 0.2) is 5.13 Å². The highest BCUT2D eigenvalue weighted by Crippen LogP contribution is 2.28. The van der Waals surface area contributed by atoms with Gasteiger partial charge in [0.05, 0.1) is 5.69 Å². The summed E-state index contributed by atoms with van der Waals surface area (Å²) >= 11 is 3.83. The van der Waals surface area contributed by atoms with Gasteiger partial charge in [-0.1, -0.05) is 6.92 Å². The third-order valence-electron chi connectivity index (χ3n) is 3.08. The maximum atomic E-state index is 4.78. The van der Waals surface area contributed by atoms with Crippen molar-refractivity contribution < 1.29 is 0 Å². The lowest BCUT2D eigenvalue weighted by atomic mass is 10.2. The summed E-state index contributed by atoms with van der Waals surface area (Å²) in [7, 11) is 0. The molecule has 1 aliphatic heterocycles. The molecule has 2 rings (SSSR count). The van der Waals surface area contributed by atoms with E-state index in [2.05, 4.69) is 36.4 Å². The molecule has 2 heterocycles. The van der Waals surface area contributed by atoms with Gasteiger partial charge in [0.2, 0.25) is 0 Å². The molecule has 1 aliphatic rings. The van der Waals surface area contributed by atoms with E-state index in [-0.39, 0.29) is 0 Å². The average Bonchev–Trinajstić information content (AvgIpc) is 2.79. The number of hydrogen-bond donors (Lipinski definition) is 1. The van der Waals surface area contributed by atoms with Crippen LogP contribution in [0.15, 0.2) is 5.38 Å². The van der Waals surface area contributed by atoms with Crippen LogP contribution < -0.4 is 10.2 Å². The first-order chi connectivity index (χ1) is 8.22. The van der Waals surface area contributed by atoms with Crippen LogP contribution in [-0.2, 0) is 0 Å². The number of thioether (sulfide) groups is 1. The third kappa shape index (κ3) is 3.14. The Labute approximate surface area is 112 Å². The molecule has 3 nitrogen and oxygen atoms in total. The number of hydrogen-bond acceptors (Lipinski definition) is 5. The Kier molecular flexibility index (Phi) is 4.70. The smallest absolute Gasteiger partial charge is 0.185 e. The number of thiazole rings is 1. The van der Waals surface area contributed by atoms with Crippen LogP contribution in [0.4, 0.5) is 5.13 Å². The standard InChI is InChI=1S/C12H21N3S2/c1-4-13-10(3)11-8-17-12(14-11)15-5-6-16-7-9(15)2/h8-10,13H,4-7H2,1-3H3. The van der Waals surface area contributed by atoms with E-state index in [0.29, 0.717) is 12.1 Å². The first kappa shape index (κ1) is 13.2. The zero-order valence-electron chi connectivity index (χ0n) is 10.8. The molecule has 1 N–H and O–H groups in total. The Balaban J connectivity index is 2.06. The molecule has 17 heavy (non-hydrogen) atoms. The zero-order valence-corrected chi connectivity index (χ0v) is 12.4. The lowest BCUT2D eigenvalue weighted by Crippen LogP contribution is -2.40. The normalized spacial score (nSPS) is 22.8. The second-order valence-corrected chi connectivity index (χ2v) is 6.44. The van der Waals surface area contributed by atoms with Crippen molar-refractivity contribution in [2.45, 2.75) is 32.9 Å². The minimum Gasteiger partial charge on any atom is -0.344 e. The van der Waals surface area contributed by atoms with Crippen LogP contribution in [0.25, 0.3) is 0 Å². The molecule has 0 spiro atoms. The molecule has 0 bridgehead atoms. The van der Waals surface area contributed by atoms with Gasteiger partial charge in [-0.2, -0.15) is 11.8 Å². The van der Waals surface area contributed by atoms with Crippen molar-refractivity contribution in [1.82, 2.24) is 10.3 Å². The maximum absolute atomic E-state index is 4.78. The van der Waals surface area contributed by atoms with Crippen molar-refractivity contribution >= 4 is 28.2 Å². The first-order valence-electron chi connectivity index (χ1n) is 6.25. The van der Waals surface area contributed by atoms with Crippen molar-refractivity contribution in [2.75, 3.05) is 29.5 Å². The lowest BCUT2D eigenvalue weighted by Gasteiger charge is -2.32. The van der Waals surface area contributed by atoms with Crippen LogP contribution in [0.3, 0.4) is 0 Å². The van der Waals surface area contributed by atoms with Crippen LogP contribution in [0, 0.1) is 0 Å². The largest absolute Gasteiger partial charge is 0.344 e. The monoisotopic (exact) mass is 271 g/mol. The summed E-state index contributed by atoms with van der Waals surface area (Å²) in [6.45, 7) is 8.73. The van der Waals surface area contributed by atoms with Gasteiger partial charge in [-0.15, -0.1) is 11.3 Å². The number of aromatic nitrogens is 1. The highest BCUT2D eigenvalue weighted by atomic mass is 32.2. The van der Waals surface area contributed by atoms with Crippen molar-refractivity contribution in [2.24, 2.45) is 0 Å². The van der Waals surface area contributed by atoms with Gasteiger partial charge >= 0.3 is 0 Å². The minimum atomic E-state index is 0.361. The van der Waals surface area contributed by atoms with Crippen molar-refractivity contribution in [3.63, 3.8) is 0 Å². The van der Waals surface area contributed by atoms with Gasteiger partial charge in [-0.05, 0) is 20.4 Å². The quantitative estimate of drug-likeness (QED) is 0.911. The summed E-state index contributed by atoms with van der Waals surface area (Å²) in [5.74, 6) is 2.44. The van der Waals surface area contributed by atoms with Crippen LogP contribution >= 0.6 is 23.1 Å². The fourth-order valence-electron chi connectivity index (χ4n) is 2.03. The van der Waals surface area contributed by atoms with E-state index in [0.717, 1.165) is 13.1 Å². The third-order valence-corrected chi connectivity index (χ3v) is 5.16. The summed E-state index contributed by atoms with van der Waals surface area (Å²) in [6.07, 6.45) is 0. The van der Waals surface area contributed by atoms with E-state index in [1.54, 1.807) is 11.3 Å². The maximum Gasteiger partial charge on any atom is 0.185 e. The number of nitrogens with zero attached hydrogens (tertiary/aromatic N) is 2. The molecule has 0 amide bonds. The summed E-state index contributed by atoms with van der Waals surface area (Å²) in [6, 6.07) is 0.974. The fourth-order valence-corrected chi connectivity index (χ4v) is 4.09. The fraction of sp³-hybridized carbons (Fsp3) is 0.750. The molecule has 2 unspecified atom stereocenters. The van der Waals surface area contributed by atoms with Gasteiger partial charge in [0.1, 0.15) is 0 Å². The highest BCUT2D eigenvalue weighted by molar-refractivity contribution is 7.99. The second kappa shape index (κ2) is 6.07. The Hall–Kier alpha value is -0.260. The van der Waals surface area contributed by atoms with Crippen molar-refractivity contribution in [3.8, 4) is 0 Å². The molecule has 0 saturated carbocycles. The topological polar surface area (TPSA) is 28.2 Å². The van der Waals surface area contributed by atoms with Crippen LogP contribution in [0.2, 0.25) is 0 Å². The molecule has 1 saturated heterocycles. The summed E-state index contributed by atoms with van der Waals surface area (Å²) < 4.78 is 0. The molecule has 1 aromatic heterocycles. The molecule has 5 heteroatoms. The molecular weight excluding hydrogens is 250 g/mol. The van der Waals surface area contributed by atoms with Crippen molar-refractivity contribution in [3.05, 3.63) is 11.1 Å². The number of anilines is 1. The van der Waals surface area contributed by atoms with E-state index in [4.69, 9.17) is 4.98 Å². The van der Waals surface area contributed by atoms with Gasteiger partial charge in [-0.25, -0.2) is 4.98 Å². The minimum absolute atomic E-state index is 0.361. The molecule has 1 aromatic rings. The van der Waals surface area contributed by atoms with Gasteiger partial charge < -0.3 is 10.2 Å². The molecule has 2 atom stereocenters. The average molecular weight is 271 g/mol. The number of rotatable bonds is 4. The summed E-state index contributed by atoms with van der Waals surface area (Å²) in [5, 5.41) is 6.79. The SMILES string of the molecule is CCNC(C)c1csc(N2CCSCC2C)n1. The first-order valence-corrected chi connectivity index (χ1v) is 8.29. The summed E-state index contributed by atoms with van der Waals surface area (Å²) in [4.78, 5) is 7.22. The predicted molar refractivity (Wildman–Crippen MR) is 78.3 cm³/mol. The zero-order chi connectivity index (χ0) is 12.3. The summed E-state index contributed by atoms with van der Waals surface area (Å²) in [5.41, 5.74) is 1.18. The Bertz CT molecular complexity index is 353. The van der Waals surface area contributed by atoms with Gasteiger partial charge in [0.25, 0.3) is 0 Å². The highest BCUT2D eigenvalue weighted by Gasteiger charge is 2.22. The van der Waals surface area contributed by atoms with Crippen LogP contribution in [0.5, 0.6) is 0 Å². The van der Waals surface area contributed by atoms with E-state index >= 15 is 0 Å². The van der Waals surface area contributed by atoms with Crippen LogP contribution in [-0.4, -0.2) is 35.6 Å². The van der Waals surface area contributed by atoms with Gasteiger partial charge in [0, 0.05) is 35.5 Å². The lowest BCUT2D eigenvalue weighted by molar-refractivity contribution is 0.584. The Morgan fingerprint density at radius 3 is 3.18 bits per heavy atom. The Morgan fingerprint density at radius 2 is 2.47 bits per heavy atom. The van der Waals surface area contributed by atoms with E-state index in [9.17, 15) is 0 Å². The van der Waals surface area contributed by atoms with Crippen molar-refractivity contribution in [1.29, 1.82) is 0 Å². The second-order valence-electron chi connectivity index (χ2n) is 4.45. The van der Waals surface area contributed by atoms with E-state index in [1.165, 1.54) is 22.3 Å². The molecular formula is C12H21N3S2. The van der Waals surface area contributed by atoms with E-state index in [1.807, 2.05) is 11.8 Å². The Morgan fingerprint density at radius 1 is 1.65 bits per heavy atom. The molecule has 96 valence electrons.